The maximum atomic E-state index is 13.5. The Hall–Kier alpha value is -3.24. The normalized spacial score (nSPS) is 16.3. The second-order valence-electron chi connectivity index (χ2n) is 7.76. The van der Waals surface area contributed by atoms with Gasteiger partial charge >= 0.3 is 11.8 Å². The molecule has 0 N–H and O–H groups in total. The number of aryl methyl sites for hydroxylation is 1. The van der Waals surface area contributed by atoms with E-state index in [9.17, 15) is 13.2 Å². The lowest BCUT2D eigenvalue weighted by molar-refractivity contribution is 0.0272. The highest BCUT2D eigenvalue weighted by atomic mass is 32.2. The van der Waals surface area contributed by atoms with Gasteiger partial charge in [-0.1, -0.05) is 35.5 Å². The van der Waals surface area contributed by atoms with Gasteiger partial charge in [0, 0.05) is 25.2 Å². The van der Waals surface area contributed by atoms with Gasteiger partial charge in [0.2, 0.25) is 5.82 Å². The van der Waals surface area contributed by atoms with E-state index in [0.29, 0.717) is 56.1 Å². The van der Waals surface area contributed by atoms with Gasteiger partial charge in [-0.05, 0) is 36.6 Å². The topological polar surface area (TPSA) is 106 Å². The van der Waals surface area contributed by atoms with Crippen LogP contribution in [0.2, 0.25) is 0 Å². The van der Waals surface area contributed by atoms with Gasteiger partial charge in [0.1, 0.15) is 0 Å². The monoisotopic (exact) mass is 454 g/mol. The van der Waals surface area contributed by atoms with E-state index in [2.05, 4.69) is 10.1 Å². The number of fused-ring (bicyclic) bond motifs is 1. The highest BCUT2D eigenvalue weighted by Crippen LogP contribution is 2.34. The van der Waals surface area contributed by atoms with E-state index in [1.165, 1.54) is 4.31 Å². The largest absolute Gasteiger partial charge is 0.378 e. The second-order valence-corrected chi connectivity index (χ2v) is 9.59. The number of anilines is 1. The average molecular weight is 455 g/mol. The number of benzene rings is 2. The molecule has 2 aliphatic rings. The zero-order valence-electron chi connectivity index (χ0n) is 17.5. The lowest BCUT2D eigenvalue weighted by Crippen LogP contribution is -2.40. The molecule has 1 fully saturated rings. The van der Waals surface area contributed by atoms with Crippen LogP contribution < -0.4 is 4.31 Å². The number of carbonyl (C=O) groups is 1. The van der Waals surface area contributed by atoms with Crippen LogP contribution in [0.5, 0.6) is 0 Å². The number of morpholine rings is 1. The van der Waals surface area contributed by atoms with E-state index < -0.39 is 10.0 Å². The summed E-state index contributed by atoms with van der Waals surface area (Å²) in [5.41, 5.74) is 2.79. The zero-order valence-corrected chi connectivity index (χ0v) is 18.3. The van der Waals surface area contributed by atoms with Gasteiger partial charge in [-0.3, -0.25) is 9.10 Å². The number of nitrogens with zero attached hydrogens (tertiary/aromatic N) is 4. The molecule has 166 valence electrons. The predicted octanol–water partition coefficient (Wildman–Crippen LogP) is 2.27. The summed E-state index contributed by atoms with van der Waals surface area (Å²) in [4.78, 5) is 18.6. The van der Waals surface area contributed by atoms with Gasteiger partial charge in [-0.2, -0.15) is 4.98 Å². The van der Waals surface area contributed by atoms with Crippen molar-refractivity contribution in [2.24, 2.45) is 0 Å². The molecule has 0 bridgehead atoms. The fourth-order valence-electron chi connectivity index (χ4n) is 4.02. The molecule has 0 aliphatic carbocycles. The van der Waals surface area contributed by atoms with Crippen molar-refractivity contribution in [2.45, 2.75) is 18.2 Å². The number of hydrogen-bond donors (Lipinski definition) is 0. The van der Waals surface area contributed by atoms with E-state index in [0.717, 1.165) is 5.56 Å². The van der Waals surface area contributed by atoms with E-state index in [-0.39, 0.29) is 22.5 Å². The number of para-hydroxylation sites is 1. The summed E-state index contributed by atoms with van der Waals surface area (Å²) in [6.07, 6.45) is 0.673. The molecule has 0 saturated carbocycles. The first-order valence-corrected chi connectivity index (χ1v) is 11.8. The molecule has 0 spiro atoms. The van der Waals surface area contributed by atoms with Crippen molar-refractivity contribution in [3.05, 3.63) is 59.5 Å². The highest BCUT2D eigenvalue weighted by molar-refractivity contribution is 7.93. The van der Waals surface area contributed by atoms with Crippen LogP contribution >= 0.6 is 0 Å². The molecule has 1 amide bonds. The lowest BCUT2D eigenvalue weighted by atomic mass is 10.1. The minimum Gasteiger partial charge on any atom is -0.378 e. The fraction of sp³-hybridized carbons (Fsp3) is 0.318. The number of hydrogen-bond acceptors (Lipinski definition) is 7. The van der Waals surface area contributed by atoms with Gasteiger partial charge in [0.05, 0.1) is 23.8 Å². The fourth-order valence-corrected chi connectivity index (χ4v) is 5.78. The number of sulfonamides is 1. The summed E-state index contributed by atoms with van der Waals surface area (Å²) in [5.74, 6) is -0.319. The molecule has 0 unspecified atom stereocenters. The van der Waals surface area contributed by atoms with Crippen molar-refractivity contribution in [1.29, 1.82) is 0 Å². The molecule has 1 saturated heterocycles. The van der Waals surface area contributed by atoms with Gasteiger partial charge in [-0.15, -0.1) is 0 Å². The molecule has 0 atom stereocenters. The molecular weight excluding hydrogens is 432 g/mol. The van der Waals surface area contributed by atoms with Crippen molar-refractivity contribution in [2.75, 3.05) is 37.2 Å². The zero-order chi connectivity index (χ0) is 22.3. The Bertz CT molecular complexity index is 1280. The van der Waals surface area contributed by atoms with Crippen LogP contribution in [-0.2, 0) is 21.2 Å². The van der Waals surface area contributed by atoms with E-state index >= 15 is 0 Å². The highest BCUT2D eigenvalue weighted by Gasteiger charge is 2.32. The molecule has 0 radical (unpaired) electrons. The van der Waals surface area contributed by atoms with Crippen LogP contribution in [0.4, 0.5) is 5.69 Å². The maximum Gasteiger partial charge on any atom is 0.316 e. The Labute approximate surface area is 185 Å². The van der Waals surface area contributed by atoms with Gasteiger partial charge < -0.3 is 14.2 Å². The van der Waals surface area contributed by atoms with E-state index in [1.54, 1.807) is 30.0 Å². The number of carbonyl (C=O) groups excluding carboxylic acids is 1. The molecular formula is C22H22N4O5S. The molecule has 5 rings (SSSR count). The molecule has 3 heterocycles. The lowest BCUT2D eigenvalue weighted by Gasteiger charge is -2.25. The quantitative estimate of drug-likeness (QED) is 0.595. The standard InChI is InChI=1S/C22H22N4O5S/c1-15-6-7-17(20-23-21(31-24-20)22(27)25-10-12-30-13-11-25)14-19(15)32(28,29)26-9-8-16-4-2-3-5-18(16)26/h2-7,14H,8-13H2,1H3. The Morgan fingerprint density at radius 2 is 1.84 bits per heavy atom. The molecule has 3 aromatic rings. The Morgan fingerprint density at radius 3 is 2.66 bits per heavy atom. The molecule has 2 aliphatic heterocycles. The SMILES string of the molecule is Cc1ccc(-c2noc(C(=O)N3CCOCC3)n2)cc1S(=O)(=O)N1CCc2ccccc21. The molecule has 32 heavy (non-hydrogen) atoms. The number of amides is 1. The van der Waals surface area contributed by atoms with Crippen LogP contribution in [0.25, 0.3) is 11.4 Å². The van der Waals surface area contributed by atoms with Crippen LogP contribution in [0.3, 0.4) is 0 Å². The third-order valence-corrected chi connectivity index (χ3v) is 7.72. The maximum absolute atomic E-state index is 13.5. The Balaban J connectivity index is 1.46. The third-order valence-electron chi connectivity index (χ3n) is 5.77. The molecule has 1 aromatic heterocycles. The van der Waals surface area contributed by atoms with Crippen molar-refractivity contribution in [3.63, 3.8) is 0 Å². The van der Waals surface area contributed by atoms with Gasteiger partial charge in [-0.25, -0.2) is 8.42 Å². The molecule has 2 aromatic carbocycles. The average Bonchev–Trinajstić information content (AvgIpc) is 3.47. The van der Waals surface area contributed by atoms with E-state index in [1.807, 2.05) is 24.3 Å². The first-order chi connectivity index (χ1) is 15.4. The summed E-state index contributed by atoms with van der Waals surface area (Å²) in [6.45, 7) is 3.99. The van der Waals surface area contributed by atoms with Crippen LogP contribution in [0.1, 0.15) is 21.8 Å². The Kier molecular flexibility index (Phi) is 5.18. The van der Waals surface area contributed by atoms with E-state index in [4.69, 9.17) is 9.26 Å². The summed E-state index contributed by atoms with van der Waals surface area (Å²) in [6, 6.07) is 12.5. The van der Waals surface area contributed by atoms with Crippen LogP contribution in [-0.4, -0.2) is 62.2 Å². The first-order valence-electron chi connectivity index (χ1n) is 10.4. The van der Waals surface area contributed by atoms with Crippen molar-refractivity contribution in [3.8, 4) is 11.4 Å². The molecule has 10 heteroatoms. The number of aromatic nitrogens is 2. The summed E-state index contributed by atoms with van der Waals surface area (Å²) < 4.78 is 38.9. The first kappa shape index (κ1) is 20.7. The smallest absolute Gasteiger partial charge is 0.316 e. The minimum absolute atomic E-state index is 0.125. The number of ether oxygens (including phenoxy) is 1. The summed E-state index contributed by atoms with van der Waals surface area (Å²) in [7, 11) is -3.78. The minimum atomic E-state index is -3.78. The van der Waals surface area contributed by atoms with Crippen molar-refractivity contribution >= 4 is 21.6 Å². The van der Waals surface area contributed by atoms with Crippen molar-refractivity contribution < 1.29 is 22.5 Å². The summed E-state index contributed by atoms with van der Waals surface area (Å²) >= 11 is 0. The van der Waals surface area contributed by atoms with Crippen LogP contribution in [0, 0.1) is 6.92 Å². The van der Waals surface area contributed by atoms with Crippen molar-refractivity contribution in [1.82, 2.24) is 15.0 Å². The Morgan fingerprint density at radius 1 is 1.06 bits per heavy atom. The summed E-state index contributed by atoms with van der Waals surface area (Å²) in [5, 5.41) is 3.92. The third kappa shape index (κ3) is 3.55. The van der Waals surface area contributed by atoms with Gasteiger partial charge in [0.25, 0.3) is 10.0 Å². The van der Waals surface area contributed by atoms with Crippen LogP contribution in [0.15, 0.2) is 51.9 Å². The second kappa shape index (κ2) is 8.03. The predicted molar refractivity (Wildman–Crippen MR) is 116 cm³/mol. The van der Waals surface area contributed by atoms with Gasteiger partial charge in [0.15, 0.2) is 0 Å². The molecule has 9 nitrogen and oxygen atoms in total. The number of rotatable bonds is 4.